The Bertz CT molecular complexity index is 691. The van der Waals surface area contributed by atoms with Crippen molar-refractivity contribution >= 4 is 35.3 Å². The highest BCUT2D eigenvalue weighted by atomic mass is 32.2. The molecule has 1 aliphatic carbocycles. The Morgan fingerprint density at radius 1 is 1.32 bits per heavy atom. The van der Waals surface area contributed by atoms with E-state index in [0.29, 0.717) is 6.42 Å². The number of benzene rings is 1. The largest absolute Gasteiger partial charge is 0.481 e. The number of aliphatic hydroxyl groups excluding tert-OH is 2. The van der Waals surface area contributed by atoms with Crippen LogP contribution in [-0.2, 0) is 16.0 Å². The number of ketones is 1. The van der Waals surface area contributed by atoms with E-state index in [1.807, 2.05) is 31.2 Å². The number of aryl methyl sites for hydroxylation is 1. The predicted octanol–water partition coefficient (Wildman–Crippen LogP) is 2.71. The molecule has 0 amide bonds. The Morgan fingerprint density at radius 3 is 2.79 bits per heavy atom. The first kappa shape index (κ1) is 23.0. The average Bonchev–Trinajstić information content (AvgIpc) is 2.91. The molecular formula is C21H28O5S2. The number of carboxylic acid groups (broad SMARTS) is 1. The molecule has 0 radical (unpaired) electrons. The molecule has 0 heterocycles. The second-order valence-corrected chi connectivity index (χ2v) is 9.34. The summed E-state index contributed by atoms with van der Waals surface area (Å²) in [5, 5.41) is 28.9. The van der Waals surface area contributed by atoms with Gasteiger partial charge in [-0.05, 0) is 36.0 Å². The second kappa shape index (κ2) is 11.7. The molecule has 28 heavy (non-hydrogen) atoms. The molecule has 1 saturated carbocycles. The van der Waals surface area contributed by atoms with Gasteiger partial charge in [-0.1, -0.05) is 36.4 Å². The summed E-state index contributed by atoms with van der Waals surface area (Å²) in [4.78, 5) is 22.7. The van der Waals surface area contributed by atoms with Crippen LogP contribution in [0, 0.1) is 12.8 Å². The molecule has 1 aliphatic rings. The number of aliphatic carboxylic acids is 1. The van der Waals surface area contributed by atoms with Gasteiger partial charge in [-0.2, -0.15) is 11.8 Å². The monoisotopic (exact) mass is 424 g/mol. The molecule has 0 saturated heterocycles. The third-order valence-electron chi connectivity index (χ3n) is 4.72. The number of carbonyl (C=O) groups is 2. The minimum absolute atomic E-state index is 0.0405. The van der Waals surface area contributed by atoms with E-state index < -0.39 is 18.2 Å². The molecule has 4 atom stereocenters. The van der Waals surface area contributed by atoms with Gasteiger partial charge in [-0.25, -0.2) is 0 Å². The van der Waals surface area contributed by atoms with E-state index in [9.17, 15) is 19.8 Å². The van der Waals surface area contributed by atoms with E-state index in [1.54, 1.807) is 12.2 Å². The zero-order chi connectivity index (χ0) is 20.5. The lowest BCUT2D eigenvalue weighted by molar-refractivity contribution is -0.133. The van der Waals surface area contributed by atoms with Crippen molar-refractivity contribution in [2.45, 2.75) is 43.6 Å². The zero-order valence-corrected chi connectivity index (χ0v) is 17.6. The fourth-order valence-electron chi connectivity index (χ4n) is 3.23. The Morgan fingerprint density at radius 2 is 2.07 bits per heavy atom. The van der Waals surface area contributed by atoms with Crippen LogP contribution in [0.4, 0.5) is 0 Å². The normalized spacial score (nSPS) is 23.4. The first-order valence-corrected chi connectivity index (χ1v) is 11.6. The zero-order valence-electron chi connectivity index (χ0n) is 16.0. The van der Waals surface area contributed by atoms with Gasteiger partial charge in [0, 0.05) is 18.8 Å². The highest BCUT2D eigenvalue weighted by Crippen LogP contribution is 2.34. The quantitative estimate of drug-likeness (QED) is 0.371. The predicted molar refractivity (Wildman–Crippen MR) is 115 cm³/mol. The maximum absolute atomic E-state index is 12.2. The highest BCUT2D eigenvalue weighted by molar-refractivity contribution is 8.01. The van der Waals surface area contributed by atoms with Gasteiger partial charge in [0.2, 0.25) is 0 Å². The van der Waals surface area contributed by atoms with Crippen molar-refractivity contribution in [2.24, 2.45) is 5.92 Å². The van der Waals surface area contributed by atoms with E-state index >= 15 is 0 Å². The molecule has 0 aromatic heterocycles. The number of hydrogen-bond donors (Lipinski definition) is 3. The van der Waals surface area contributed by atoms with Crippen LogP contribution in [0.2, 0.25) is 0 Å². The Kier molecular flexibility index (Phi) is 9.58. The van der Waals surface area contributed by atoms with Crippen molar-refractivity contribution in [3.8, 4) is 0 Å². The molecule has 2 rings (SSSR count). The van der Waals surface area contributed by atoms with Crippen molar-refractivity contribution in [3.05, 3.63) is 47.5 Å². The number of carboxylic acids is 1. The van der Waals surface area contributed by atoms with Crippen LogP contribution >= 0.6 is 23.5 Å². The summed E-state index contributed by atoms with van der Waals surface area (Å²) in [5.74, 6) is 0.496. The summed E-state index contributed by atoms with van der Waals surface area (Å²) in [6.45, 7) is 2.01. The van der Waals surface area contributed by atoms with Gasteiger partial charge < -0.3 is 15.3 Å². The summed E-state index contributed by atoms with van der Waals surface area (Å²) in [5.41, 5.74) is 2.20. The molecule has 0 spiro atoms. The molecular weight excluding hydrogens is 396 g/mol. The maximum atomic E-state index is 12.2. The van der Waals surface area contributed by atoms with Crippen LogP contribution in [0.25, 0.3) is 0 Å². The van der Waals surface area contributed by atoms with Gasteiger partial charge in [0.05, 0.1) is 23.2 Å². The topological polar surface area (TPSA) is 94.8 Å². The van der Waals surface area contributed by atoms with Crippen LogP contribution in [0.15, 0.2) is 36.4 Å². The molecule has 0 aliphatic heterocycles. The van der Waals surface area contributed by atoms with Crippen LogP contribution in [0.5, 0.6) is 0 Å². The maximum Gasteiger partial charge on any atom is 0.313 e. The number of Topliss-reactive ketones (excluding diaryl/α,β-unsaturated/α-hetero) is 1. The summed E-state index contributed by atoms with van der Waals surface area (Å²) < 4.78 is 0. The summed E-state index contributed by atoms with van der Waals surface area (Å²) in [7, 11) is 0. The number of rotatable bonds is 11. The Hall–Kier alpha value is -1.28. The second-order valence-electron chi connectivity index (χ2n) is 6.99. The van der Waals surface area contributed by atoms with E-state index in [-0.39, 0.29) is 29.1 Å². The molecule has 5 nitrogen and oxygen atoms in total. The number of carbonyl (C=O) groups excluding carboxylic acids is 1. The number of thioether (sulfide) groups is 2. The fourth-order valence-corrected chi connectivity index (χ4v) is 5.42. The molecule has 154 valence electrons. The van der Waals surface area contributed by atoms with E-state index in [0.717, 1.165) is 29.1 Å². The van der Waals surface area contributed by atoms with Gasteiger partial charge in [-0.15, -0.1) is 11.8 Å². The van der Waals surface area contributed by atoms with E-state index in [1.165, 1.54) is 23.5 Å². The number of aliphatic hydroxyl groups is 2. The molecule has 3 unspecified atom stereocenters. The van der Waals surface area contributed by atoms with Gasteiger partial charge in [0.1, 0.15) is 5.78 Å². The van der Waals surface area contributed by atoms with Crippen molar-refractivity contribution in [3.63, 3.8) is 0 Å². The van der Waals surface area contributed by atoms with Gasteiger partial charge in [-0.3, -0.25) is 9.59 Å². The summed E-state index contributed by atoms with van der Waals surface area (Å²) >= 11 is 2.89. The molecule has 1 aromatic carbocycles. The van der Waals surface area contributed by atoms with Crippen molar-refractivity contribution < 1.29 is 24.9 Å². The Balaban J connectivity index is 1.85. The van der Waals surface area contributed by atoms with Crippen LogP contribution < -0.4 is 0 Å². The smallest absolute Gasteiger partial charge is 0.313 e. The minimum atomic E-state index is -0.818. The van der Waals surface area contributed by atoms with Gasteiger partial charge in [0.15, 0.2) is 0 Å². The molecule has 7 heteroatoms. The molecule has 3 N–H and O–H groups in total. The standard InChI is InChI=1S/C21H28O5S2/c1-14-5-2-3-6-15(14)11-16(22)7-8-17-18(23)12-19(24)21(17)28-10-4-9-27-13-20(25)26/h2-3,5-8,16-18,21-23H,4,9-13H2,1H3,(H,25,26)/t16?,17-,18?,21?/m0/s1. The van der Waals surface area contributed by atoms with Crippen LogP contribution in [0.3, 0.4) is 0 Å². The lowest BCUT2D eigenvalue weighted by Gasteiger charge is -2.18. The third kappa shape index (κ3) is 7.28. The first-order valence-electron chi connectivity index (χ1n) is 9.41. The molecule has 1 fully saturated rings. The van der Waals surface area contributed by atoms with E-state index in [4.69, 9.17) is 5.11 Å². The lowest BCUT2D eigenvalue weighted by atomic mass is 10.00. The van der Waals surface area contributed by atoms with E-state index in [2.05, 4.69) is 0 Å². The SMILES string of the molecule is Cc1ccccc1CC(O)C=C[C@H]1C(O)CC(=O)C1SCCCSCC(=O)O. The van der Waals surface area contributed by atoms with Gasteiger partial charge >= 0.3 is 5.97 Å². The third-order valence-corrected chi connectivity index (χ3v) is 7.21. The number of hydrogen-bond acceptors (Lipinski definition) is 6. The average molecular weight is 425 g/mol. The summed E-state index contributed by atoms with van der Waals surface area (Å²) in [6.07, 6.45) is 3.56. The summed E-state index contributed by atoms with van der Waals surface area (Å²) in [6, 6.07) is 7.90. The van der Waals surface area contributed by atoms with Crippen molar-refractivity contribution in [2.75, 3.05) is 17.3 Å². The lowest BCUT2D eigenvalue weighted by Crippen LogP contribution is -2.22. The molecule has 0 bridgehead atoms. The highest BCUT2D eigenvalue weighted by Gasteiger charge is 2.40. The minimum Gasteiger partial charge on any atom is -0.481 e. The first-order chi connectivity index (χ1) is 13.4. The Labute approximate surface area is 174 Å². The van der Waals surface area contributed by atoms with Crippen LogP contribution in [-0.4, -0.2) is 61.8 Å². The van der Waals surface area contributed by atoms with Gasteiger partial charge in [0.25, 0.3) is 0 Å². The van der Waals surface area contributed by atoms with Crippen molar-refractivity contribution in [1.82, 2.24) is 0 Å². The molecule has 1 aromatic rings. The van der Waals surface area contributed by atoms with Crippen LogP contribution in [0.1, 0.15) is 24.0 Å². The fraction of sp³-hybridized carbons (Fsp3) is 0.524. The van der Waals surface area contributed by atoms with Crippen molar-refractivity contribution in [1.29, 1.82) is 0 Å².